The van der Waals surface area contributed by atoms with Gasteiger partial charge < -0.3 is 5.32 Å². The number of nitrogens with zero attached hydrogens (tertiary/aromatic N) is 1. The molecule has 1 N–H and O–H groups in total. The van der Waals surface area contributed by atoms with Gasteiger partial charge in [0, 0.05) is 26.6 Å². The molecule has 108 valence electrons. The van der Waals surface area contributed by atoms with E-state index in [1.807, 2.05) is 6.92 Å². The molecule has 0 unspecified atom stereocenters. The molecule has 0 spiro atoms. The van der Waals surface area contributed by atoms with E-state index in [0.29, 0.717) is 30.1 Å². The zero-order valence-corrected chi connectivity index (χ0v) is 12.9. The van der Waals surface area contributed by atoms with Crippen LogP contribution in [-0.2, 0) is 14.8 Å². The first-order valence-corrected chi connectivity index (χ1v) is 8.57. The second kappa shape index (κ2) is 7.62. The van der Waals surface area contributed by atoms with Crippen LogP contribution in [0.1, 0.15) is 26.2 Å². The third-order valence-corrected chi connectivity index (χ3v) is 5.84. The lowest BCUT2D eigenvalue weighted by molar-refractivity contribution is -0.121. The molecule has 0 aromatic carbocycles. The van der Waals surface area contributed by atoms with Crippen molar-refractivity contribution in [1.29, 1.82) is 0 Å². The van der Waals surface area contributed by atoms with Gasteiger partial charge in [-0.25, -0.2) is 12.7 Å². The van der Waals surface area contributed by atoms with E-state index in [9.17, 15) is 13.2 Å². The molecule has 1 rings (SSSR count). The van der Waals surface area contributed by atoms with E-state index in [0.717, 1.165) is 6.42 Å². The van der Waals surface area contributed by atoms with Crippen molar-refractivity contribution < 1.29 is 13.2 Å². The van der Waals surface area contributed by atoms with Crippen LogP contribution in [0.2, 0.25) is 0 Å². The smallest absolute Gasteiger partial charge is 0.252 e. The minimum absolute atomic E-state index is 0.0243. The average molecular weight is 304 g/mol. The van der Waals surface area contributed by atoms with Crippen LogP contribution in [0.3, 0.4) is 0 Å². The Balaban J connectivity index is 2.40. The molecule has 0 saturated heterocycles. The molecule has 0 radical (unpaired) electrons. The summed E-state index contributed by atoms with van der Waals surface area (Å²) in [5.74, 6) is -0.0243. The predicted molar refractivity (Wildman–Crippen MR) is 76.7 cm³/mol. The number of sulfonamides is 1. The fourth-order valence-corrected chi connectivity index (χ4v) is 3.91. The van der Waals surface area contributed by atoms with Crippen molar-refractivity contribution in [2.24, 2.45) is 0 Å². The third-order valence-electron chi connectivity index (χ3n) is 2.61. The highest BCUT2D eigenvalue weighted by molar-refractivity contribution is 7.91. The average Bonchev–Trinajstić information content (AvgIpc) is 2.90. The first-order chi connectivity index (χ1) is 8.98. The first-order valence-electron chi connectivity index (χ1n) is 6.25. The highest BCUT2D eigenvalue weighted by atomic mass is 32.2. The van der Waals surface area contributed by atoms with Gasteiger partial charge in [-0.05, 0) is 24.3 Å². The molecule has 7 heteroatoms. The summed E-state index contributed by atoms with van der Waals surface area (Å²) in [4.78, 5) is 11.4. The second-order valence-corrected chi connectivity index (χ2v) is 7.43. The van der Waals surface area contributed by atoms with E-state index < -0.39 is 10.0 Å². The second-order valence-electron chi connectivity index (χ2n) is 4.21. The Bertz CT molecular complexity index is 483. The summed E-state index contributed by atoms with van der Waals surface area (Å²) in [5.41, 5.74) is 0. The highest BCUT2D eigenvalue weighted by Gasteiger charge is 2.21. The first kappa shape index (κ1) is 16.1. The molecule has 0 atom stereocenters. The Morgan fingerprint density at radius 2 is 2.21 bits per heavy atom. The molecule has 1 amide bonds. The van der Waals surface area contributed by atoms with Gasteiger partial charge >= 0.3 is 0 Å². The molecule has 1 aromatic heterocycles. The van der Waals surface area contributed by atoms with Gasteiger partial charge in [-0.1, -0.05) is 13.0 Å². The predicted octanol–water partition coefficient (Wildman–Crippen LogP) is 1.67. The molecule has 0 saturated carbocycles. The van der Waals surface area contributed by atoms with Crippen molar-refractivity contribution in [1.82, 2.24) is 9.62 Å². The van der Waals surface area contributed by atoms with Gasteiger partial charge in [0.1, 0.15) is 4.21 Å². The third kappa shape index (κ3) is 4.93. The summed E-state index contributed by atoms with van der Waals surface area (Å²) in [6.07, 6.45) is 1.78. The Morgan fingerprint density at radius 3 is 2.79 bits per heavy atom. The summed E-state index contributed by atoms with van der Waals surface area (Å²) in [6.45, 7) is 3.00. The van der Waals surface area contributed by atoms with Gasteiger partial charge in [0.2, 0.25) is 5.91 Å². The van der Waals surface area contributed by atoms with Crippen molar-refractivity contribution in [3.05, 3.63) is 17.5 Å². The molecule has 0 fully saturated rings. The fourth-order valence-electron chi connectivity index (χ4n) is 1.50. The number of carbonyl (C=O) groups is 1. The fraction of sp³-hybridized carbons (Fsp3) is 0.583. The number of nitrogens with one attached hydrogen (secondary N) is 1. The zero-order chi connectivity index (χ0) is 14.3. The summed E-state index contributed by atoms with van der Waals surface area (Å²) >= 11 is 1.20. The van der Waals surface area contributed by atoms with Crippen LogP contribution in [0.25, 0.3) is 0 Å². The number of amides is 1. The minimum atomic E-state index is -3.39. The maximum atomic E-state index is 12.1. The molecule has 1 heterocycles. The van der Waals surface area contributed by atoms with E-state index in [2.05, 4.69) is 5.32 Å². The Morgan fingerprint density at radius 1 is 1.47 bits per heavy atom. The minimum Gasteiger partial charge on any atom is -0.356 e. The Labute approximate surface area is 118 Å². The van der Waals surface area contributed by atoms with Crippen molar-refractivity contribution in [2.45, 2.75) is 30.4 Å². The molecule has 19 heavy (non-hydrogen) atoms. The topological polar surface area (TPSA) is 66.5 Å². The molecule has 0 aliphatic rings. The van der Waals surface area contributed by atoms with Gasteiger partial charge in [0.15, 0.2) is 0 Å². The normalized spacial score (nSPS) is 11.7. The molecule has 5 nitrogen and oxygen atoms in total. The lowest BCUT2D eigenvalue weighted by Gasteiger charge is -2.15. The molecule has 1 aromatic rings. The largest absolute Gasteiger partial charge is 0.356 e. The molecular formula is C12H20N2O3S2. The number of thiophene rings is 1. The van der Waals surface area contributed by atoms with Crippen LogP contribution in [0, 0.1) is 0 Å². The van der Waals surface area contributed by atoms with Crippen LogP contribution in [0.5, 0.6) is 0 Å². The lowest BCUT2D eigenvalue weighted by Crippen LogP contribution is -2.29. The van der Waals surface area contributed by atoms with Gasteiger partial charge in [0.25, 0.3) is 10.0 Å². The lowest BCUT2D eigenvalue weighted by atomic mass is 10.3. The summed E-state index contributed by atoms with van der Waals surface area (Å²) in [6, 6.07) is 3.30. The highest BCUT2D eigenvalue weighted by Crippen LogP contribution is 2.19. The van der Waals surface area contributed by atoms with E-state index in [1.165, 1.54) is 15.6 Å². The van der Waals surface area contributed by atoms with Gasteiger partial charge in [-0.3, -0.25) is 4.79 Å². The van der Waals surface area contributed by atoms with E-state index in [1.54, 1.807) is 24.6 Å². The van der Waals surface area contributed by atoms with Crippen LogP contribution in [0.15, 0.2) is 21.7 Å². The zero-order valence-electron chi connectivity index (χ0n) is 11.3. The summed E-state index contributed by atoms with van der Waals surface area (Å²) < 4.78 is 25.8. The number of hydrogen-bond donors (Lipinski definition) is 1. The number of carbonyl (C=O) groups excluding carboxylic acids is 1. The monoisotopic (exact) mass is 304 g/mol. The van der Waals surface area contributed by atoms with Crippen molar-refractivity contribution in [3.63, 3.8) is 0 Å². The molecule has 0 bridgehead atoms. The van der Waals surface area contributed by atoms with Crippen LogP contribution in [-0.4, -0.2) is 38.8 Å². The summed E-state index contributed by atoms with van der Waals surface area (Å²) in [5, 5.41) is 4.50. The molecular weight excluding hydrogens is 284 g/mol. The van der Waals surface area contributed by atoms with E-state index >= 15 is 0 Å². The van der Waals surface area contributed by atoms with Crippen LogP contribution < -0.4 is 5.32 Å². The van der Waals surface area contributed by atoms with E-state index in [-0.39, 0.29) is 5.91 Å². The molecule has 0 aliphatic heterocycles. The van der Waals surface area contributed by atoms with Crippen LogP contribution >= 0.6 is 11.3 Å². The quantitative estimate of drug-likeness (QED) is 0.794. The molecule has 0 aliphatic carbocycles. The van der Waals surface area contributed by atoms with Crippen LogP contribution in [0.4, 0.5) is 0 Å². The number of rotatable bonds is 8. The van der Waals surface area contributed by atoms with Gasteiger partial charge in [-0.15, -0.1) is 11.3 Å². The Kier molecular flexibility index (Phi) is 6.47. The van der Waals surface area contributed by atoms with Gasteiger partial charge in [-0.2, -0.15) is 0 Å². The Hall–Kier alpha value is -0.920. The van der Waals surface area contributed by atoms with Crippen molar-refractivity contribution >= 4 is 27.3 Å². The SMILES string of the molecule is CCCNC(=O)CCCN(C)S(=O)(=O)c1cccs1. The number of hydrogen-bond acceptors (Lipinski definition) is 4. The van der Waals surface area contributed by atoms with Crippen molar-refractivity contribution in [2.75, 3.05) is 20.1 Å². The standard InChI is InChI=1S/C12H20N2O3S2/c1-3-8-13-11(15)6-4-9-14(2)19(16,17)12-7-5-10-18-12/h5,7,10H,3-4,6,8-9H2,1-2H3,(H,13,15). The van der Waals surface area contributed by atoms with Crippen molar-refractivity contribution in [3.8, 4) is 0 Å². The van der Waals surface area contributed by atoms with E-state index in [4.69, 9.17) is 0 Å². The maximum absolute atomic E-state index is 12.1. The summed E-state index contributed by atoms with van der Waals surface area (Å²) in [7, 11) is -1.85. The maximum Gasteiger partial charge on any atom is 0.252 e. The van der Waals surface area contributed by atoms with Gasteiger partial charge in [0.05, 0.1) is 0 Å².